The molecule has 2 nitrogen and oxygen atoms in total. The summed E-state index contributed by atoms with van der Waals surface area (Å²) in [6.07, 6.45) is 0. The second kappa shape index (κ2) is 4.39. The van der Waals surface area contributed by atoms with Crippen LogP contribution in [-0.4, -0.2) is 4.98 Å². The molecule has 1 aromatic heterocycles. The fourth-order valence-corrected chi connectivity index (χ4v) is 3.29. The van der Waals surface area contributed by atoms with Gasteiger partial charge in [0.15, 0.2) is 0 Å². The zero-order valence-electron chi connectivity index (χ0n) is 8.96. The van der Waals surface area contributed by atoms with Gasteiger partial charge in [0.25, 0.3) is 0 Å². The average Bonchev–Trinajstić information content (AvgIpc) is 2.79. The molecule has 0 spiro atoms. The molecule has 0 bridgehead atoms. The van der Waals surface area contributed by atoms with Crippen LogP contribution in [0.25, 0.3) is 10.2 Å². The van der Waals surface area contributed by atoms with Gasteiger partial charge >= 0.3 is 0 Å². The van der Waals surface area contributed by atoms with Crippen molar-refractivity contribution in [3.8, 4) is 0 Å². The van der Waals surface area contributed by atoms with Gasteiger partial charge < -0.3 is 5.73 Å². The Balaban J connectivity index is 1.97. The van der Waals surface area contributed by atoms with Crippen molar-refractivity contribution in [3.05, 3.63) is 48.0 Å². The highest BCUT2D eigenvalue weighted by Gasteiger charge is 2.03. The van der Waals surface area contributed by atoms with Crippen LogP contribution < -0.4 is 5.73 Å². The van der Waals surface area contributed by atoms with E-state index in [-0.39, 0.29) is 0 Å². The van der Waals surface area contributed by atoms with Gasteiger partial charge in [-0.05, 0) is 30.3 Å². The number of hydrogen-bond donors (Lipinski definition) is 1. The number of fused-ring (bicyclic) bond motifs is 1. The van der Waals surface area contributed by atoms with Crippen molar-refractivity contribution in [2.24, 2.45) is 0 Å². The molecule has 0 saturated carbocycles. The molecule has 84 valence electrons. The summed E-state index contributed by atoms with van der Waals surface area (Å²) in [7, 11) is 0. The van der Waals surface area contributed by atoms with Crippen molar-refractivity contribution in [1.29, 1.82) is 0 Å². The van der Waals surface area contributed by atoms with Crippen LogP contribution in [0.4, 0.5) is 5.69 Å². The molecule has 4 heteroatoms. The molecule has 17 heavy (non-hydrogen) atoms. The highest BCUT2D eigenvalue weighted by atomic mass is 32.2. The summed E-state index contributed by atoms with van der Waals surface area (Å²) in [5.41, 5.74) is 9.68. The molecule has 3 aromatic rings. The normalized spacial score (nSPS) is 10.8. The number of aromatic nitrogens is 1. The van der Waals surface area contributed by atoms with Crippen molar-refractivity contribution >= 4 is 39.0 Å². The van der Waals surface area contributed by atoms with Crippen molar-refractivity contribution in [2.75, 3.05) is 5.73 Å². The fraction of sp³-hybridized carbons (Fsp3) is 0. The Morgan fingerprint density at radius 3 is 2.88 bits per heavy atom. The van der Waals surface area contributed by atoms with E-state index in [4.69, 9.17) is 5.73 Å². The second-order valence-electron chi connectivity index (χ2n) is 3.62. The molecule has 0 radical (unpaired) electrons. The lowest BCUT2D eigenvalue weighted by Crippen LogP contribution is -1.86. The maximum absolute atomic E-state index is 5.93. The summed E-state index contributed by atoms with van der Waals surface area (Å²) in [6, 6.07) is 14.2. The summed E-state index contributed by atoms with van der Waals surface area (Å²) in [6.45, 7) is 0. The van der Waals surface area contributed by atoms with Crippen LogP contribution in [0.2, 0.25) is 0 Å². The van der Waals surface area contributed by atoms with E-state index >= 15 is 0 Å². The van der Waals surface area contributed by atoms with Gasteiger partial charge in [0.1, 0.15) is 0 Å². The third kappa shape index (κ3) is 2.14. The molecule has 0 unspecified atom stereocenters. The Kier molecular flexibility index (Phi) is 2.74. The molecule has 2 N–H and O–H groups in total. The Bertz CT molecular complexity index is 661. The van der Waals surface area contributed by atoms with E-state index in [0.29, 0.717) is 0 Å². The van der Waals surface area contributed by atoms with Crippen LogP contribution in [0.15, 0.2) is 57.8 Å². The predicted octanol–water partition coefficient (Wildman–Crippen LogP) is 4.03. The lowest BCUT2D eigenvalue weighted by molar-refractivity contribution is 1.42. The number of nitrogens with zero attached hydrogens (tertiary/aromatic N) is 1. The van der Waals surface area contributed by atoms with E-state index < -0.39 is 0 Å². The quantitative estimate of drug-likeness (QED) is 0.705. The Labute approximate surface area is 107 Å². The molecule has 0 amide bonds. The van der Waals surface area contributed by atoms with Gasteiger partial charge in [-0.1, -0.05) is 23.9 Å². The number of hydrogen-bond acceptors (Lipinski definition) is 4. The van der Waals surface area contributed by atoms with E-state index in [2.05, 4.69) is 17.1 Å². The highest BCUT2D eigenvalue weighted by Crippen LogP contribution is 2.33. The molecule has 0 aliphatic carbocycles. The fourth-order valence-electron chi connectivity index (χ4n) is 1.60. The van der Waals surface area contributed by atoms with E-state index in [0.717, 1.165) is 16.1 Å². The van der Waals surface area contributed by atoms with Crippen LogP contribution in [-0.2, 0) is 0 Å². The molecule has 0 aliphatic heterocycles. The Morgan fingerprint density at radius 1 is 1.12 bits per heavy atom. The van der Waals surface area contributed by atoms with Crippen LogP contribution >= 0.6 is 23.1 Å². The van der Waals surface area contributed by atoms with Crippen LogP contribution in [0.1, 0.15) is 0 Å². The SMILES string of the molecule is Nc1ccccc1Sc1ccc2ncsc2c1. The minimum atomic E-state index is 0.821. The molecular weight excluding hydrogens is 248 g/mol. The number of para-hydroxylation sites is 1. The van der Waals surface area contributed by atoms with E-state index in [1.807, 2.05) is 35.8 Å². The molecular formula is C13H10N2S2. The third-order valence-corrected chi connectivity index (χ3v) is 4.32. The van der Waals surface area contributed by atoms with Crippen LogP contribution in [0, 0.1) is 0 Å². The summed E-state index contributed by atoms with van der Waals surface area (Å²) >= 11 is 3.35. The zero-order valence-corrected chi connectivity index (χ0v) is 10.6. The van der Waals surface area contributed by atoms with Gasteiger partial charge in [-0.25, -0.2) is 4.98 Å². The summed E-state index contributed by atoms with van der Waals surface area (Å²) in [5, 5.41) is 0. The highest BCUT2D eigenvalue weighted by molar-refractivity contribution is 7.99. The lowest BCUT2D eigenvalue weighted by Gasteiger charge is -2.04. The minimum Gasteiger partial charge on any atom is -0.398 e. The van der Waals surface area contributed by atoms with Gasteiger partial charge in [-0.15, -0.1) is 11.3 Å². The maximum Gasteiger partial charge on any atom is 0.0812 e. The first-order valence-corrected chi connectivity index (χ1v) is 6.88. The number of nitrogen functional groups attached to an aromatic ring is 1. The zero-order chi connectivity index (χ0) is 11.7. The smallest absolute Gasteiger partial charge is 0.0812 e. The van der Waals surface area contributed by atoms with E-state index in [1.165, 1.54) is 9.60 Å². The Hall–Kier alpha value is -1.52. The van der Waals surface area contributed by atoms with Crippen LogP contribution in [0.5, 0.6) is 0 Å². The van der Waals surface area contributed by atoms with Gasteiger partial charge in [0.2, 0.25) is 0 Å². The van der Waals surface area contributed by atoms with Crippen molar-refractivity contribution in [1.82, 2.24) is 4.98 Å². The minimum absolute atomic E-state index is 0.821. The number of benzene rings is 2. The standard InChI is InChI=1S/C13H10N2S2/c14-10-3-1-2-4-12(10)17-9-5-6-11-13(7-9)16-8-15-11/h1-8H,14H2. The first-order valence-electron chi connectivity index (χ1n) is 5.18. The van der Waals surface area contributed by atoms with Gasteiger partial charge in [0, 0.05) is 15.5 Å². The monoisotopic (exact) mass is 258 g/mol. The number of thiazole rings is 1. The summed E-state index contributed by atoms with van der Waals surface area (Å²) < 4.78 is 1.21. The molecule has 1 heterocycles. The van der Waals surface area contributed by atoms with Crippen LogP contribution in [0.3, 0.4) is 0 Å². The van der Waals surface area contributed by atoms with Gasteiger partial charge in [0.05, 0.1) is 15.7 Å². The Morgan fingerprint density at radius 2 is 2.00 bits per heavy atom. The molecule has 0 fully saturated rings. The molecule has 2 aromatic carbocycles. The first kappa shape index (κ1) is 10.6. The first-order chi connectivity index (χ1) is 8.33. The molecule has 0 atom stereocenters. The lowest BCUT2D eigenvalue weighted by atomic mass is 10.3. The van der Waals surface area contributed by atoms with Crippen molar-refractivity contribution in [3.63, 3.8) is 0 Å². The molecule has 0 aliphatic rings. The third-order valence-electron chi connectivity index (χ3n) is 2.45. The predicted molar refractivity (Wildman–Crippen MR) is 74.6 cm³/mol. The molecule has 0 saturated heterocycles. The largest absolute Gasteiger partial charge is 0.398 e. The second-order valence-corrected chi connectivity index (χ2v) is 5.62. The van der Waals surface area contributed by atoms with Crippen molar-refractivity contribution < 1.29 is 0 Å². The van der Waals surface area contributed by atoms with Gasteiger partial charge in [-0.2, -0.15) is 0 Å². The maximum atomic E-state index is 5.93. The number of nitrogens with two attached hydrogens (primary N) is 1. The summed E-state index contributed by atoms with van der Waals surface area (Å²) in [4.78, 5) is 6.56. The molecule has 3 rings (SSSR count). The van der Waals surface area contributed by atoms with Crippen molar-refractivity contribution in [2.45, 2.75) is 9.79 Å². The average molecular weight is 258 g/mol. The topological polar surface area (TPSA) is 38.9 Å². The number of rotatable bonds is 2. The van der Waals surface area contributed by atoms with E-state index in [1.54, 1.807) is 23.1 Å². The number of anilines is 1. The van der Waals surface area contributed by atoms with Gasteiger partial charge in [-0.3, -0.25) is 0 Å². The summed E-state index contributed by atoms with van der Waals surface area (Å²) in [5.74, 6) is 0. The van der Waals surface area contributed by atoms with E-state index in [9.17, 15) is 0 Å².